The number of hydrogen-bond donors (Lipinski definition) is 2. The van der Waals surface area contributed by atoms with Gasteiger partial charge in [0.2, 0.25) is 0 Å². The van der Waals surface area contributed by atoms with Gasteiger partial charge in [0.15, 0.2) is 0 Å². The molecule has 106 valence electrons. The zero-order valence-corrected chi connectivity index (χ0v) is 12.5. The second kappa shape index (κ2) is 4.96. The summed E-state index contributed by atoms with van der Waals surface area (Å²) in [6, 6.07) is 8.18. The summed E-state index contributed by atoms with van der Waals surface area (Å²) in [7, 11) is 0. The molecule has 1 heterocycles. The van der Waals surface area contributed by atoms with Gasteiger partial charge in [-0.15, -0.1) is 0 Å². The molecule has 0 spiro atoms. The summed E-state index contributed by atoms with van der Waals surface area (Å²) in [5, 5.41) is 8.94. The van der Waals surface area contributed by atoms with Crippen LogP contribution in [0.3, 0.4) is 0 Å². The lowest BCUT2D eigenvalue weighted by molar-refractivity contribution is 0.0692. The quantitative estimate of drug-likeness (QED) is 0.731. The Labute approximate surface area is 127 Å². The highest BCUT2D eigenvalue weighted by Gasteiger charge is 2.14. The van der Waals surface area contributed by atoms with Crippen molar-refractivity contribution in [1.29, 1.82) is 0 Å². The van der Waals surface area contributed by atoms with Crippen molar-refractivity contribution < 1.29 is 14.3 Å². The second-order valence-corrected chi connectivity index (χ2v) is 5.67. The Morgan fingerprint density at radius 3 is 2.71 bits per heavy atom. The maximum absolute atomic E-state index is 13.7. The largest absolute Gasteiger partial charge is 0.478 e. The van der Waals surface area contributed by atoms with Crippen molar-refractivity contribution in [3.8, 4) is 11.4 Å². The van der Waals surface area contributed by atoms with Gasteiger partial charge < -0.3 is 10.1 Å². The second-order valence-electron chi connectivity index (χ2n) is 4.76. The van der Waals surface area contributed by atoms with E-state index in [-0.39, 0.29) is 5.56 Å². The lowest BCUT2D eigenvalue weighted by Crippen LogP contribution is -1.99. The van der Waals surface area contributed by atoms with E-state index in [0.29, 0.717) is 16.9 Å². The SMILES string of the molecule is Cc1cc(Br)cc(-c2nc3cc(C(=O)O)c(F)cc3[nH]2)c1. The van der Waals surface area contributed by atoms with Gasteiger partial charge in [-0.05, 0) is 36.8 Å². The molecule has 0 atom stereocenters. The lowest BCUT2D eigenvalue weighted by atomic mass is 10.1. The standard InChI is InChI=1S/C15H10BrFN2O2/c1-7-2-8(4-9(16)3-7)14-18-12-5-10(15(20)21)11(17)6-13(12)19-14/h2-6H,1H3,(H,18,19)(H,20,21). The van der Waals surface area contributed by atoms with E-state index in [0.717, 1.165) is 21.7 Å². The predicted octanol–water partition coefficient (Wildman–Crippen LogP) is 4.14. The van der Waals surface area contributed by atoms with Crippen LogP contribution in [-0.4, -0.2) is 21.0 Å². The number of aromatic carboxylic acids is 1. The molecule has 0 fully saturated rings. The minimum Gasteiger partial charge on any atom is -0.478 e. The van der Waals surface area contributed by atoms with Crippen LogP contribution in [0.1, 0.15) is 15.9 Å². The fourth-order valence-electron chi connectivity index (χ4n) is 2.20. The molecule has 6 heteroatoms. The first-order valence-corrected chi connectivity index (χ1v) is 6.93. The molecule has 0 unspecified atom stereocenters. The topological polar surface area (TPSA) is 66.0 Å². The summed E-state index contributed by atoms with van der Waals surface area (Å²) in [6.45, 7) is 1.96. The lowest BCUT2D eigenvalue weighted by Gasteiger charge is -2.00. The number of carboxylic acids is 1. The summed E-state index contributed by atoms with van der Waals surface area (Å²) in [5.41, 5.74) is 2.39. The van der Waals surface area contributed by atoms with E-state index in [1.54, 1.807) is 0 Å². The number of imidazole rings is 1. The number of aromatic nitrogens is 2. The van der Waals surface area contributed by atoms with Gasteiger partial charge in [-0.3, -0.25) is 0 Å². The number of aromatic amines is 1. The molecule has 0 amide bonds. The van der Waals surface area contributed by atoms with Crippen LogP contribution in [0.15, 0.2) is 34.8 Å². The Balaban J connectivity index is 2.19. The number of carbonyl (C=O) groups is 1. The molecule has 21 heavy (non-hydrogen) atoms. The van der Waals surface area contributed by atoms with Crippen LogP contribution in [0, 0.1) is 12.7 Å². The van der Waals surface area contributed by atoms with Gasteiger partial charge in [-0.2, -0.15) is 0 Å². The number of H-pyrrole nitrogens is 1. The van der Waals surface area contributed by atoms with E-state index in [2.05, 4.69) is 25.9 Å². The Hall–Kier alpha value is -2.21. The molecule has 1 aromatic heterocycles. The van der Waals surface area contributed by atoms with E-state index >= 15 is 0 Å². The number of hydrogen-bond acceptors (Lipinski definition) is 2. The summed E-state index contributed by atoms with van der Waals surface area (Å²) in [5.74, 6) is -1.52. The average Bonchev–Trinajstić information content (AvgIpc) is 2.79. The van der Waals surface area contributed by atoms with Gasteiger partial charge in [-0.1, -0.05) is 15.9 Å². The van der Waals surface area contributed by atoms with Crippen LogP contribution >= 0.6 is 15.9 Å². The molecule has 2 aromatic carbocycles. The van der Waals surface area contributed by atoms with Gasteiger partial charge in [0.1, 0.15) is 11.6 Å². The summed E-state index contributed by atoms with van der Waals surface area (Å²) in [4.78, 5) is 18.3. The zero-order valence-electron chi connectivity index (χ0n) is 10.9. The molecule has 0 saturated heterocycles. The van der Waals surface area contributed by atoms with Crippen molar-refractivity contribution in [1.82, 2.24) is 9.97 Å². The Morgan fingerprint density at radius 2 is 2.05 bits per heavy atom. The van der Waals surface area contributed by atoms with E-state index in [1.807, 2.05) is 25.1 Å². The molecule has 3 aromatic rings. The summed E-state index contributed by atoms with van der Waals surface area (Å²) in [6.07, 6.45) is 0. The smallest absolute Gasteiger partial charge is 0.338 e. The van der Waals surface area contributed by atoms with Crippen LogP contribution in [0.2, 0.25) is 0 Å². The molecule has 0 radical (unpaired) electrons. The number of nitrogens with zero attached hydrogens (tertiary/aromatic N) is 1. The average molecular weight is 349 g/mol. The maximum atomic E-state index is 13.7. The van der Waals surface area contributed by atoms with Crippen LogP contribution in [0.4, 0.5) is 4.39 Å². The molecule has 0 aliphatic carbocycles. The fourth-order valence-corrected chi connectivity index (χ4v) is 2.81. The number of fused-ring (bicyclic) bond motifs is 1. The van der Waals surface area contributed by atoms with Crippen molar-refractivity contribution in [3.05, 3.63) is 51.7 Å². The van der Waals surface area contributed by atoms with Crippen LogP contribution in [0.25, 0.3) is 22.4 Å². The third-order valence-corrected chi connectivity index (χ3v) is 3.57. The Bertz CT molecular complexity index is 853. The first kappa shape index (κ1) is 13.8. The molecule has 0 saturated carbocycles. The molecule has 0 aliphatic heterocycles. The highest BCUT2D eigenvalue weighted by Crippen LogP contribution is 2.26. The number of rotatable bonds is 2. The predicted molar refractivity (Wildman–Crippen MR) is 80.9 cm³/mol. The van der Waals surface area contributed by atoms with Gasteiger partial charge in [0.25, 0.3) is 0 Å². The number of benzene rings is 2. The first-order chi connectivity index (χ1) is 9.94. The van der Waals surface area contributed by atoms with Gasteiger partial charge in [0, 0.05) is 16.1 Å². The fraction of sp³-hybridized carbons (Fsp3) is 0.0667. The summed E-state index contributed by atoms with van der Waals surface area (Å²) < 4.78 is 14.6. The van der Waals surface area contributed by atoms with Crippen molar-refractivity contribution in [2.75, 3.05) is 0 Å². The highest BCUT2D eigenvalue weighted by atomic mass is 79.9. The van der Waals surface area contributed by atoms with Crippen molar-refractivity contribution >= 4 is 32.9 Å². The normalized spacial score (nSPS) is 11.0. The monoisotopic (exact) mass is 348 g/mol. The third kappa shape index (κ3) is 2.54. The van der Waals surface area contributed by atoms with Crippen molar-refractivity contribution in [3.63, 3.8) is 0 Å². The van der Waals surface area contributed by atoms with Gasteiger partial charge in [0.05, 0.1) is 16.6 Å². The van der Waals surface area contributed by atoms with Crippen molar-refractivity contribution in [2.24, 2.45) is 0 Å². The minimum atomic E-state index is -1.31. The highest BCUT2D eigenvalue weighted by molar-refractivity contribution is 9.10. The Kier molecular flexibility index (Phi) is 3.25. The number of carboxylic acid groups (broad SMARTS) is 1. The van der Waals surface area contributed by atoms with Crippen molar-refractivity contribution in [2.45, 2.75) is 6.92 Å². The van der Waals surface area contributed by atoms with E-state index in [9.17, 15) is 9.18 Å². The molecule has 0 aliphatic rings. The van der Waals surface area contributed by atoms with Gasteiger partial charge >= 0.3 is 5.97 Å². The molecule has 0 bridgehead atoms. The minimum absolute atomic E-state index is 0.383. The zero-order chi connectivity index (χ0) is 15.1. The molecule has 4 nitrogen and oxygen atoms in total. The van der Waals surface area contributed by atoms with Gasteiger partial charge in [-0.25, -0.2) is 14.2 Å². The first-order valence-electron chi connectivity index (χ1n) is 6.14. The van der Waals surface area contributed by atoms with E-state index < -0.39 is 11.8 Å². The number of aryl methyl sites for hydroxylation is 1. The molecular weight excluding hydrogens is 339 g/mol. The number of nitrogens with one attached hydrogen (secondary N) is 1. The molecule has 3 rings (SSSR count). The van der Waals surface area contributed by atoms with E-state index in [4.69, 9.17) is 5.11 Å². The molecule has 2 N–H and O–H groups in total. The third-order valence-electron chi connectivity index (χ3n) is 3.12. The summed E-state index contributed by atoms with van der Waals surface area (Å²) >= 11 is 3.42. The Morgan fingerprint density at radius 1 is 1.29 bits per heavy atom. The van der Waals surface area contributed by atoms with Crippen LogP contribution < -0.4 is 0 Å². The molecular formula is C15H10BrFN2O2. The van der Waals surface area contributed by atoms with Crippen LogP contribution in [-0.2, 0) is 0 Å². The number of halogens is 2. The maximum Gasteiger partial charge on any atom is 0.338 e. The van der Waals surface area contributed by atoms with E-state index in [1.165, 1.54) is 6.07 Å². The van der Waals surface area contributed by atoms with Crippen LogP contribution in [0.5, 0.6) is 0 Å².